The van der Waals surface area contributed by atoms with Gasteiger partial charge in [-0.1, -0.05) is 19.1 Å². The van der Waals surface area contributed by atoms with Crippen LogP contribution in [0.2, 0.25) is 0 Å². The lowest BCUT2D eigenvalue weighted by molar-refractivity contribution is 0.0935. The molecule has 0 aliphatic rings. The molecule has 0 spiro atoms. The summed E-state index contributed by atoms with van der Waals surface area (Å²) < 4.78 is 0. The molecule has 0 aliphatic heterocycles. The minimum atomic E-state index is -0.287. The van der Waals surface area contributed by atoms with E-state index < -0.39 is 0 Å². The lowest BCUT2D eigenvalue weighted by atomic mass is 10.1. The van der Waals surface area contributed by atoms with E-state index in [0.29, 0.717) is 0 Å². The number of carbonyl (C=O) groups is 1. The second-order valence-electron chi connectivity index (χ2n) is 3.28. The maximum absolute atomic E-state index is 11.5. The van der Waals surface area contributed by atoms with E-state index in [0.717, 1.165) is 6.42 Å². The first-order chi connectivity index (χ1) is 6.65. The van der Waals surface area contributed by atoms with Crippen LogP contribution in [0, 0.1) is 0 Å². The second-order valence-corrected chi connectivity index (χ2v) is 3.28. The average molecular weight is 192 g/mol. The molecule has 1 atom stereocenters. The number of hydrogen-bond acceptors (Lipinski definition) is 1. The molecule has 0 saturated carbocycles. The van der Waals surface area contributed by atoms with Crippen LogP contribution in [0.4, 0.5) is 0 Å². The second kappa shape index (κ2) is 4.65. The Bertz CT molecular complexity index is 323. The summed E-state index contributed by atoms with van der Waals surface area (Å²) in [5.41, 5.74) is 0.216. The number of para-hydroxylation sites is 1. The normalized spacial score (nSPS) is 12.1. The van der Waals surface area contributed by atoms with Crippen LogP contribution >= 0.6 is 0 Å². The van der Waals surface area contributed by atoms with E-state index in [9.17, 15) is 9.90 Å². The van der Waals surface area contributed by atoms with Gasteiger partial charge in [0.1, 0.15) is 0 Å². The molecule has 3 heteroatoms. The highest BCUT2D eigenvalue weighted by Gasteiger charge is 2.12. The van der Waals surface area contributed by atoms with Gasteiger partial charge >= 0.3 is 0 Å². The molecule has 0 aromatic heterocycles. The first kappa shape index (κ1) is 10.6. The fourth-order valence-corrected chi connectivity index (χ4v) is 1.06. The molecule has 0 heterocycles. The quantitative estimate of drug-likeness (QED) is 0.785. The van der Waals surface area contributed by atoms with Crippen molar-refractivity contribution in [3.05, 3.63) is 29.8 Å². The SMILES string of the molecule is CCC(C)NC(=O)c1ccccc1[O]. The molecule has 1 aromatic rings. The highest BCUT2D eigenvalue weighted by molar-refractivity contribution is 5.96. The van der Waals surface area contributed by atoms with Crippen molar-refractivity contribution in [3.8, 4) is 5.75 Å². The average Bonchev–Trinajstić information content (AvgIpc) is 2.18. The van der Waals surface area contributed by atoms with Gasteiger partial charge in [-0.2, -0.15) is 0 Å². The lowest BCUT2D eigenvalue weighted by Gasteiger charge is -2.11. The molecule has 0 aliphatic carbocycles. The molecule has 1 aromatic carbocycles. The summed E-state index contributed by atoms with van der Waals surface area (Å²) >= 11 is 0. The van der Waals surface area contributed by atoms with E-state index in [1.165, 1.54) is 6.07 Å². The van der Waals surface area contributed by atoms with Crippen molar-refractivity contribution in [1.29, 1.82) is 0 Å². The minimum absolute atomic E-state index is 0.0992. The van der Waals surface area contributed by atoms with Crippen molar-refractivity contribution in [2.24, 2.45) is 0 Å². The third-order valence-corrected chi connectivity index (χ3v) is 2.12. The number of hydrogen-bond donors (Lipinski definition) is 1. The third kappa shape index (κ3) is 2.49. The zero-order chi connectivity index (χ0) is 10.6. The molecular weight excluding hydrogens is 178 g/mol. The monoisotopic (exact) mass is 192 g/mol. The standard InChI is InChI=1S/C11H14NO2/c1-3-8(2)12-11(14)9-6-4-5-7-10(9)13/h4-8H,3H2,1-2H3,(H,12,14). The van der Waals surface area contributed by atoms with Crippen molar-refractivity contribution < 1.29 is 9.90 Å². The summed E-state index contributed by atoms with van der Waals surface area (Å²) in [6.07, 6.45) is 0.854. The fourth-order valence-electron chi connectivity index (χ4n) is 1.06. The van der Waals surface area contributed by atoms with Gasteiger partial charge < -0.3 is 5.32 Å². The van der Waals surface area contributed by atoms with Gasteiger partial charge in [-0.15, -0.1) is 0 Å². The number of amides is 1. The van der Waals surface area contributed by atoms with Crippen molar-refractivity contribution in [1.82, 2.24) is 5.32 Å². The Hall–Kier alpha value is -1.51. The molecular formula is C11H14NO2. The zero-order valence-electron chi connectivity index (χ0n) is 8.41. The first-order valence-corrected chi connectivity index (χ1v) is 4.72. The van der Waals surface area contributed by atoms with E-state index in [1.54, 1.807) is 18.2 Å². The van der Waals surface area contributed by atoms with Crippen molar-refractivity contribution in [2.75, 3.05) is 0 Å². The van der Waals surface area contributed by atoms with Crippen LogP contribution in [0.25, 0.3) is 0 Å². The Morgan fingerprint density at radius 1 is 1.43 bits per heavy atom. The Kier molecular flexibility index (Phi) is 3.51. The molecule has 1 amide bonds. The summed E-state index contributed by atoms with van der Waals surface area (Å²) in [7, 11) is 0. The van der Waals surface area contributed by atoms with Crippen LogP contribution in [0.1, 0.15) is 30.6 Å². The summed E-state index contributed by atoms with van der Waals surface area (Å²) in [5, 5.41) is 14.0. The smallest absolute Gasteiger partial charge is 0.255 e. The molecule has 1 unspecified atom stereocenters. The Morgan fingerprint density at radius 2 is 2.07 bits per heavy atom. The van der Waals surface area contributed by atoms with Gasteiger partial charge in [-0.3, -0.25) is 9.90 Å². The number of carbonyl (C=O) groups excluding carboxylic acids is 1. The van der Waals surface area contributed by atoms with Crippen molar-refractivity contribution >= 4 is 5.91 Å². The maximum Gasteiger partial charge on any atom is 0.255 e. The first-order valence-electron chi connectivity index (χ1n) is 4.72. The molecule has 75 valence electrons. The summed E-state index contributed by atoms with van der Waals surface area (Å²) in [4.78, 5) is 11.5. The maximum atomic E-state index is 11.5. The Labute approximate surface area is 83.8 Å². The summed E-state index contributed by atoms with van der Waals surface area (Å²) in [5.74, 6) is -0.516. The lowest BCUT2D eigenvalue weighted by Crippen LogP contribution is -2.31. The Balaban J connectivity index is 2.75. The van der Waals surface area contributed by atoms with E-state index in [-0.39, 0.29) is 23.3 Å². The van der Waals surface area contributed by atoms with E-state index >= 15 is 0 Å². The van der Waals surface area contributed by atoms with Crippen LogP contribution in [-0.4, -0.2) is 11.9 Å². The van der Waals surface area contributed by atoms with Gasteiger partial charge in [0.05, 0.1) is 5.56 Å². The molecule has 0 bridgehead atoms. The van der Waals surface area contributed by atoms with Gasteiger partial charge in [0.25, 0.3) is 5.91 Å². The van der Waals surface area contributed by atoms with E-state index in [4.69, 9.17) is 0 Å². The molecule has 0 fully saturated rings. The highest BCUT2D eigenvalue weighted by Crippen LogP contribution is 2.16. The van der Waals surface area contributed by atoms with Crippen LogP contribution in [0.3, 0.4) is 0 Å². The molecule has 14 heavy (non-hydrogen) atoms. The van der Waals surface area contributed by atoms with Crippen LogP contribution in [0.15, 0.2) is 24.3 Å². The van der Waals surface area contributed by atoms with Crippen molar-refractivity contribution in [3.63, 3.8) is 0 Å². The molecule has 1 rings (SSSR count). The van der Waals surface area contributed by atoms with Gasteiger partial charge in [0.15, 0.2) is 5.75 Å². The number of benzene rings is 1. The molecule has 1 N–H and O–H groups in total. The predicted octanol–water partition coefficient (Wildman–Crippen LogP) is 2.36. The van der Waals surface area contributed by atoms with Gasteiger partial charge in [0.2, 0.25) is 0 Å². The van der Waals surface area contributed by atoms with Crippen LogP contribution < -0.4 is 5.32 Å². The predicted molar refractivity (Wildman–Crippen MR) is 53.8 cm³/mol. The van der Waals surface area contributed by atoms with Crippen LogP contribution in [0.5, 0.6) is 5.75 Å². The minimum Gasteiger partial charge on any atom is -0.349 e. The molecule has 0 saturated heterocycles. The summed E-state index contributed by atoms with van der Waals surface area (Å²) in [6.45, 7) is 3.89. The number of rotatable bonds is 3. The molecule has 3 nitrogen and oxygen atoms in total. The van der Waals surface area contributed by atoms with Gasteiger partial charge in [0, 0.05) is 6.04 Å². The molecule has 1 radical (unpaired) electrons. The third-order valence-electron chi connectivity index (χ3n) is 2.12. The topological polar surface area (TPSA) is 49.0 Å². The van der Waals surface area contributed by atoms with Gasteiger partial charge in [-0.05, 0) is 25.5 Å². The van der Waals surface area contributed by atoms with Crippen molar-refractivity contribution in [2.45, 2.75) is 26.3 Å². The number of nitrogens with one attached hydrogen (secondary N) is 1. The van der Waals surface area contributed by atoms with Crippen LogP contribution in [-0.2, 0) is 5.11 Å². The van der Waals surface area contributed by atoms with Gasteiger partial charge in [-0.25, -0.2) is 0 Å². The highest BCUT2D eigenvalue weighted by atomic mass is 16.3. The fraction of sp³-hybridized carbons (Fsp3) is 0.364. The largest absolute Gasteiger partial charge is 0.349 e. The van der Waals surface area contributed by atoms with E-state index in [2.05, 4.69) is 5.32 Å². The summed E-state index contributed by atoms with van der Waals surface area (Å²) in [6, 6.07) is 6.35. The Morgan fingerprint density at radius 3 is 2.64 bits per heavy atom. The zero-order valence-corrected chi connectivity index (χ0v) is 8.41. The van der Waals surface area contributed by atoms with E-state index in [1.807, 2.05) is 13.8 Å².